The van der Waals surface area contributed by atoms with Gasteiger partial charge in [0, 0.05) is 24.0 Å². The van der Waals surface area contributed by atoms with Crippen LogP contribution in [0.5, 0.6) is 0 Å². The molecule has 4 rings (SSSR count). The van der Waals surface area contributed by atoms with Crippen molar-refractivity contribution in [3.8, 4) is 0 Å². The lowest BCUT2D eigenvalue weighted by Crippen LogP contribution is -2.30. The normalized spacial score (nSPS) is 32.4. The number of fused-ring (bicyclic) bond motifs is 3. The van der Waals surface area contributed by atoms with Crippen LogP contribution in [0.3, 0.4) is 0 Å². The van der Waals surface area contributed by atoms with Gasteiger partial charge in [-0.2, -0.15) is 0 Å². The Morgan fingerprint density at radius 2 is 2.00 bits per heavy atom. The predicted molar refractivity (Wildman–Crippen MR) is 82.7 cm³/mol. The first kappa shape index (κ1) is 13.7. The molecule has 1 aliphatic heterocycles. The molecule has 2 aliphatic carbocycles. The Bertz CT molecular complexity index is 510. The van der Waals surface area contributed by atoms with Crippen LogP contribution in [0.25, 0.3) is 0 Å². The second-order valence-electron chi connectivity index (χ2n) is 6.65. The van der Waals surface area contributed by atoms with Crippen LogP contribution in [-0.2, 0) is 6.42 Å². The van der Waals surface area contributed by atoms with Crippen LogP contribution in [-0.4, -0.2) is 13.1 Å². The highest BCUT2D eigenvalue weighted by molar-refractivity contribution is 6.32. The smallest absolute Gasteiger partial charge is 0.0475 e. The second kappa shape index (κ2) is 4.65. The van der Waals surface area contributed by atoms with E-state index in [0.717, 1.165) is 17.5 Å². The minimum Gasteiger partial charge on any atom is -0.316 e. The van der Waals surface area contributed by atoms with Gasteiger partial charge in [0.05, 0.1) is 0 Å². The molecule has 2 unspecified atom stereocenters. The molecule has 1 nitrogen and oxygen atoms in total. The van der Waals surface area contributed by atoms with Crippen LogP contribution in [0.4, 0.5) is 0 Å². The lowest BCUT2D eigenvalue weighted by Gasteiger charge is -2.37. The minimum atomic E-state index is 0. The summed E-state index contributed by atoms with van der Waals surface area (Å²) in [6.07, 6.45) is 5.12. The van der Waals surface area contributed by atoms with Crippen molar-refractivity contribution in [1.82, 2.24) is 5.32 Å². The molecule has 104 valence electrons. The SMILES string of the molecule is CC12CCc3c(ccc(C4CC4)c3Cl)C1CNC2.Cl. The maximum absolute atomic E-state index is 6.68. The molecule has 1 aromatic rings. The summed E-state index contributed by atoms with van der Waals surface area (Å²) < 4.78 is 0. The third kappa shape index (κ3) is 2.02. The summed E-state index contributed by atoms with van der Waals surface area (Å²) >= 11 is 6.68. The number of rotatable bonds is 1. The maximum Gasteiger partial charge on any atom is 0.0475 e. The van der Waals surface area contributed by atoms with Gasteiger partial charge in [0.2, 0.25) is 0 Å². The van der Waals surface area contributed by atoms with E-state index in [4.69, 9.17) is 11.6 Å². The molecule has 3 heteroatoms. The Hall–Kier alpha value is -0.240. The molecule has 1 N–H and O–H groups in total. The molecule has 2 atom stereocenters. The van der Waals surface area contributed by atoms with E-state index in [-0.39, 0.29) is 12.4 Å². The molecule has 0 radical (unpaired) electrons. The fraction of sp³-hybridized carbons (Fsp3) is 0.625. The zero-order chi connectivity index (χ0) is 12.3. The summed E-state index contributed by atoms with van der Waals surface area (Å²) in [5, 5.41) is 4.67. The Kier molecular flexibility index (Phi) is 3.36. The number of hydrogen-bond acceptors (Lipinski definition) is 1. The van der Waals surface area contributed by atoms with E-state index in [2.05, 4.69) is 24.4 Å². The number of benzene rings is 1. The molecule has 19 heavy (non-hydrogen) atoms. The molecular formula is C16H21Cl2N. The van der Waals surface area contributed by atoms with E-state index in [1.165, 1.54) is 48.9 Å². The Morgan fingerprint density at radius 3 is 2.74 bits per heavy atom. The first-order chi connectivity index (χ1) is 8.69. The molecule has 0 bridgehead atoms. The van der Waals surface area contributed by atoms with Crippen LogP contribution in [0.2, 0.25) is 5.02 Å². The van der Waals surface area contributed by atoms with Gasteiger partial charge < -0.3 is 5.32 Å². The lowest BCUT2D eigenvalue weighted by atomic mass is 9.67. The summed E-state index contributed by atoms with van der Waals surface area (Å²) in [5.74, 6) is 1.44. The fourth-order valence-corrected chi connectivity index (χ4v) is 4.40. The third-order valence-electron chi connectivity index (χ3n) is 5.37. The Labute approximate surface area is 126 Å². The van der Waals surface area contributed by atoms with Crippen molar-refractivity contribution in [1.29, 1.82) is 0 Å². The Balaban J connectivity index is 0.00000110. The largest absolute Gasteiger partial charge is 0.316 e. The van der Waals surface area contributed by atoms with E-state index in [1.807, 2.05) is 0 Å². The zero-order valence-corrected chi connectivity index (χ0v) is 12.9. The van der Waals surface area contributed by atoms with Crippen molar-refractivity contribution in [2.24, 2.45) is 5.41 Å². The van der Waals surface area contributed by atoms with Crippen molar-refractivity contribution >= 4 is 24.0 Å². The van der Waals surface area contributed by atoms with Gasteiger partial charge in [0.15, 0.2) is 0 Å². The molecule has 1 saturated heterocycles. The van der Waals surface area contributed by atoms with Crippen molar-refractivity contribution in [2.75, 3.05) is 13.1 Å². The molecule has 3 aliphatic rings. The zero-order valence-electron chi connectivity index (χ0n) is 11.3. The first-order valence-electron chi connectivity index (χ1n) is 7.21. The van der Waals surface area contributed by atoms with Crippen LogP contribution in [0.15, 0.2) is 12.1 Å². The minimum absolute atomic E-state index is 0. The maximum atomic E-state index is 6.68. The molecular weight excluding hydrogens is 277 g/mol. The standard InChI is InChI=1S/C16H20ClN.ClH/c1-16-7-6-13-12(14(16)8-18-9-16)5-4-11(15(13)17)10-2-3-10;/h4-5,10,14,18H,2-3,6-9H2,1H3;1H. The molecule has 0 amide bonds. The molecule has 0 spiro atoms. The number of halogens is 2. The van der Waals surface area contributed by atoms with Crippen LogP contribution in [0.1, 0.15) is 54.7 Å². The molecule has 1 heterocycles. The molecule has 0 aromatic heterocycles. The second-order valence-corrected chi connectivity index (χ2v) is 7.03. The third-order valence-corrected chi connectivity index (χ3v) is 5.81. The summed E-state index contributed by atoms with van der Waals surface area (Å²) in [5.41, 5.74) is 4.87. The van der Waals surface area contributed by atoms with Gasteiger partial charge >= 0.3 is 0 Å². The van der Waals surface area contributed by atoms with E-state index in [1.54, 1.807) is 0 Å². The van der Waals surface area contributed by atoms with Gasteiger partial charge in [0.25, 0.3) is 0 Å². The van der Waals surface area contributed by atoms with Gasteiger partial charge in [-0.05, 0) is 53.7 Å². The van der Waals surface area contributed by atoms with E-state index in [9.17, 15) is 0 Å². The monoisotopic (exact) mass is 297 g/mol. The summed E-state index contributed by atoms with van der Waals surface area (Å²) in [4.78, 5) is 0. The van der Waals surface area contributed by atoms with Gasteiger partial charge in [0.1, 0.15) is 0 Å². The van der Waals surface area contributed by atoms with Crippen molar-refractivity contribution in [2.45, 2.75) is 44.4 Å². The van der Waals surface area contributed by atoms with Crippen molar-refractivity contribution in [3.63, 3.8) is 0 Å². The highest BCUT2D eigenvalue weighted by atomic mass is 35.5. The quantitative estimate of drug-likeness (QED) is 0.816. The van der Waals surface area contributed by atoms with Gasteiger partial charge in [-0.3, -0.25) is 0 Å². The highest BCUT2D eigenvalue weighted by Crippen LogP contribution is 2.52. The molecule has 1 aromatic carbocycles. The van der Waals surface area contributed by atoms with E-state index < -0.39 is 0 Å². The van der Waals surface area contributed by atoms with Crippen LogP contribution >= 0.6 is 24.0 Å². The summed E-state index contributed by atoms with van der Waals surface area (Å²) in [6.45, 7) is 4.73. The van der Waals surface area contributed by atoms with Crippen LogP contribution < -0.4 is 5.32 Å². The summed E-state index contributed by atoms with van der Waals surface area (Å²) in [6, 6.07) is 4.69. The van der Waals surface area contributed by atoms with Gasteiger partial charge in [-0.25, -0.2) is 0 Å². The van der Waals surface area contributed by atoms with Crippen LogP contribution in [0, 0.1) is 5.41 Å². The fourth-order valence-electron chi connectivity index (χ4n) is 3.97. The van der Waals surface area contributed by atoms with Gasteiger partial charge in [-0.15, -0.1) is 12.4 Å². The number of hydrogen-bond donors (Lipinski definition) is 1. The molecule has 1 saturated carbocycles. The Morgan fingerprint density at radius 1 is 1.26 bits per heavy atom. The average Bonchev–Trinajstić information content (AvgIpc) is 3.10. The average molecular weight is 298 g/mol. The summed E-state index contributed by atoms with van der Waals surface area (Å²) in [7, 11) is 0. The van der Waals surface area contributed by atoms with E-state index >= 15 is 0 Å². The van der Waals surface area contributed by atoms with Crippen molar-refractivity contribution < 1.29 is 0 Å². The van der Waals surface area contributed by atoms with Crippen molar-refractivity contribution in [3.05, 3.63) is 33.8 Å². The first-order valence-corrected chi connectivity index (χ1v) is 7.59. The lowest BCUT2D eigenvalue weighted by molar-refractivity contribution is 0.277. The highest BCUT2D eigenvalue weighted by Gasteiger charge is 2.44. The predicted octanol–water partition coefficient (Wildman–Crippen LogP) is 4.28. The van der Waals surface area contributed by atoms with Gasteiger partial charge in [-0.1, -0.05) is 30.7 Å². The topological polar surface area (TPSA) is 12.0 Å². The molecule has 2 fully saturated rings. The van der Waals surface area contributed by atoms with E-state index in [0.29, 0.717) is 11.3 Å². The number of nitrogens with one attached hydrogen (secondary N) is 1.